The van der Waals surface area contributed by atoms with E-state index in [4.69, 9.17) is 15.0 Å². The zero-order valence-corrected chi connectivity index (χ0v) is 33.1. The molecule has 8 aromatic carbocycles. The van der Waals surface area contributed by atoms with Gasteiger partial charge in [0.15, 0.2) is 11.7 Å². The topological polar surface area (TPSA) is 50.5 Å². The molecule has 4 heteroatoms. The van der Waals surface area contributed by atoms with Crippen molar-refractivity contribution in [2.24, 2.45) is 9.98 Å². The van der Waals surface area contributed by atoms with Crippen LogP contribution in [-0.2, 0) is 5.41 Å². The molecule has 0 amide bonds. The number of aliphatic imine (C=N–C) groups is 2. The SMILES string of the molecule is C=NC(=NC1=C(c2ccc(-c3ccc(-c4cc(-c5cc#ccc5)nc(-c5ccccc5)n4)cc3)cc2)C2(c3ccccc31)c1ccccc1-c1ccccc12)c1ccccc1. The maximum Gasteiger partial charge on any atom is 0.160 e. The minimum Gasteiger partial charge on any atom is -0.245 e. The van der Waals surface area contributed by atoms with Crippen LogP contribution in [0.2, 0.25) is 0 Å². The van der Waals surface area contributed by atoms with Crippen molar-refractivity contribution in [2.45, 2.75) is 5.41 Å². The lowest BCUT2D eigenvalue weighted by atomic mass is 9.68. The van der Waals surface area contributed by atoms with Crippen molar-refractivity contribution in [2.75, 3.05) is 0 Å². The average Bonchev–Trinajstić information content (AvgIpc) is 3.81. The van der Waals surface area contributed by atoms with Crippen molar-refractivity contribution >= 4 is 23.8 Å². The van der Waals surface area contributed by atoms with Crippen LogP contribution in [0.3, 0.4) is 0 Å². The quantitative estimate of drug-likeness (QED) is 0.120. The summed E-state index contributed by atoms with van der Waals surface area (Å²) in [5.74, 6) is 1.27. The Bertz CT molecular complexity index is 3060. The number of amidine groups is 1. The maximum atomic E-state index is 5.45. The fourth-order valence-electron chi connectivity index (χ4n) is 9.24. The summed E-state index contributed by atoms with van der Waals surface area (Å²) >= 11 is 0. The molecule has 284 valence electrons. The molecule has 0 N–H and O–H groups in total. The third kappa shape index (κ3) is 5.94. The molecule has 0 saturated heterocycles. The van der Waals surface area contributed by atoms with Gasteiger partial charge >= 0.3 is 0 Å². The molecule has 0 unspecified atom stereocenters. The molecule has 0 radical (unpaired) electrons. The minimum absolute atomic E-state index is 0.587. The van der Waals surface area contributed by atoms with Gasteiger partial charge in [-0.3, -0.25) is 0 Å². The second-order valence-electron chi connectivity index (χ2n) is 15.3. The molecule has 11 rings (SSSR count). The lowest BCUT2D eigenvalue weighted by Gasteiger charge is -2.32. The van der Waals surface area contributed by atoms with Crippen LogP contribution >= 0.6 is 0 Å². The van der Waals surface area contributed by atoms with E-state index in [-0.39, 0.29) is 0 Å². The van der Waals surface area contributed by atoms with E-state index in [1.807, 2.05) is 84.9 Å². The summed E-state index contributed by atoms with van der Waals surface area (Å²) in [5, 5.41) is 0. The third-order valence-corrected chi connectivity index (χ3v) is 11.9. The van der Waals surface area contributed by atoms with E-state index in [1.54, 1.807) is 0 Å². The lowest BCUT2D eigenvalue weighted by Crippen LogP contribution is -2.26. The Morgan fingerprint density at radius 2 is 0.967 bits per heavy atom. The molecule has 2 aliphatic carbocycles. The van der Waals surface area contributed by atoms with Gasteiger partial charge in [-0.05, 0) is 75.5 Å². The predicted molar refractivity (Wildman–Crippen MR) is 249 cm³/mol. The highest BCUT2D eigenvalue weighted by Crippen LogP contribution is 2.64. The van der Waals surface area contributed by atoms with Crippen molar-refractivity contribution in [1.82, 2.24) is 9.97 Å². The molecule has 0 aliphatic heterocycles. The molecule has 61 heavy (non-hydrogen) atoms. The highest BCUT2D eigenvalue weighted by atomic mass is 14.9. The maximum absolute atomic E-state index is 5.45. The molecule has 0 fully saturated rings. The molecule has 2 aliphatic rings. The van der Waals surface area contributed by atoms with Crippen LogP contribution in [0.4, 0.5) is 0 Å². The minimum atomic E-state index is -0.597. The first-order valence-corrected chi connectivity index (χ1v) is 20.4. The first-order chi connectivity index (χ1) is 30.2. The summed E-state index contributed by atoms with van der Waals surface area (Å²) in [5.41, 5.74) is 17.6. The molecular formula is C57H36N4. The molecule has 1 heterocycles. The normalized spacial score (nSPS) is 13.3. The fourth-order valence-corrected chi connectivity index (χ4v) is 9.24. The van der Waals surface area contributed by atoms with Crippen LogP contribution in [-0.4, -0.2) is 22.5 Å². The van der Waals surface area contributed by atoms with Gasteiger partial charge in [-0.15, -0.1) is 0 Å². The summed E-state index contributed by atoms with van der Waals surface area (Å²) in [6.07, 6.45) is 0. The largest absolute Gasteiger partial charge is 0.245 e. The molecule has 1 aromatic heterocycles. The van der Waals surface area contributed by atoms with E-state index in [2.05, 4.69) is 145 Å². The molecular weight excluding hydrogens is 741 g/mol. The Morgan fingerprint density at radius 1 is 0.459 bits per heavy atom. The van der Waals surface area contributed by atoms with Crippen LogP contribution in [0.25, 0.3) is 67.4 Å². The van der Waals surface area contributed by atoms with Gasteiger partial charge in [0.05, 0.1) is 22.5 Å². The highest BCUT2D eigenvalue weighted by molar-refractivity contribution is 6.13. The standard InChI is InChI=1S/C57H36N4/c1-58-55(43-19-7-3-8-20-43)61-54-47-25-13-16-28-50(47)57(48-26-14-11-23-45(48)46-24-12-15-27-49(46)57)53(54)42-35-31-39(32-36-42)38-29-33-41(34-30-38)52-37-51(40-17-5-2-6-18-40)59-56(60-52)44-21-9-4-10-22-44/h3-5,7-37H,1H2. The number of hydrogen-bond donors (Lipinski definition) is 0. The number of benzene rings is 7. The molecule has 0 saturated carbocycles. The first kappa shape index (κ1) is 35.9. The number of fused-ring (bicyclic) bond motifs is 7. The van der Waals surface area contributed by atoms with E-state index >= 15 is 0 Å². The third-order valence-electron chi connectivity index (χ3n) is 11.9. The monoisotopic (exact) mass is 776 g/mol. The van der Waals surface area contributed by atoms with E-state index in [0.717, 1.165) is 67.2 Å². The van der Waals surface area contributed by atoms with Gasteiger partial charge in [0.25, 0.3) is 0 Å². The van der Waals surface area contributed by atoms with Crippen LogP contribution in [0.5, 0.6) is 0 Å². The fraction of sp³-hybridized carbons (Fsp3) is 0.0175. The van der Waals surface area contributed by atoms with E-state index < -0.39 is 5.41 Å². The van der Waals surface area contributed by atoms with Gasteiger partial charge < -0.3 is 0 Å². The lowest BCUT2D eigenvalue weighted by molar-refractivity contribution is 0.842. The van der Waals surface area contributed by atoms with Gasteiger partial charge in [0.2, 0.25) is 0 Å². The molecule has 9 aromatic rings. The van der Waals surface area contributed by atoms with Gasteiger partial charge in [0, 0.05) is 33.4 Å². The number of allylic oxidation sites excluding steroid dienone is 1. The summed E-state index contributed by atoms with van der Waals surface area (Å²) in [6, 6.07) is 78.1. The van der Waals surface area contributed by atoms with Crippen molar-refractivity contribution in [1.29, 1.82) is 0 Å². The zero-order valence-electron chi connectivity index (χ0n) is 33.1. The Morgan fingerprint density at radius 3 is 1.56 bits per heavy atom. The van der Waals surface area contributed by atoms with Gasteiger partial charge in [-0.25, -0.2) is 20.0 Å². The van der Waals surface area contributed by atoms with Crippen LogP contribution in [0.1, 0.15) is 33.4 Å². The van der Waals surface area contributed by atoms with Crippen LogP contribution in [0, 0.1) is 12.1 Å². The second kappa shape index (κ2) is 14.8. The number of hydrogen-bond acceptors (Lipinski definition) is 3. The summed E-state index contributed by atoms with van der Waals surface area (Å²) in [6.45, 7) is 3.99. The van der Waals surface area contributed by atoms with Crippen LogP contribution < -0.4 is 0 Å². The summed E-state index contributed by atoms with van der Waals surface area (Å²) in [7, 11) is 0. The Balaban J connectivity index is 1.04. The zero-order chi connectivity index (χ0) is 40.8. The van der Waals surface area contributed by atoms with E-state index in [1.165, 1.54) is 27.8 Å². The van der Waals surface area contributed by atoms with Crippen molar-refractivity contribution in [3.05, 3.63) is 252 Å². The summed E-state index contributed by atoms with van der Waals surface area (Å²) < 4.78 is 0. The van der Waals surface area contributed by atoms with E-state index in [9.17, 15) is 0 Å². The molecule has 0 atom stereocenters. The smallest absolute Gasteiger partial charge is 0.160 e. The second-order valence-corrected chi connectivity index (χ2v) is 15.3. The summed E-state index contributed by atoms with van der Waals surface area (Å²) in [4.78, 5) is 19.9. The van der Waals surface area contributed by atoms with Crippen molar-refractivity contribution < 1.29 is 0 Å². The van der Waals surface area contributed by atoms with Gasteiger partial charge in [-0.2, -0.15) is 0 Å². The van der Waals surface area contributed by atoms with Crippen molar-refractivity contribution in [3.63, 3.8) is 0 Å². The Labute approximate surface area is 355 Å². The predicted octanol–water partition coefficient (Wildman–Crippen LogP) is 13.1. The average molecular weight is 777 g/mol. The highest BCUT2D eigenvalue weighted by Gasteiger charge is 2.53. The molecule has 4 nitrogen and oxygen atoms in total. The van der Waals surface area contributed by atoms with Crippen LogP contribution in [0.15, 0.2) is 216 Å². The Kier molecular flexibility index (Phi) is 8.73. The first-order valence-electron chi connectivity index (χ1n) is 20.4. The van der Waals surface area contributed by atoms with E-state index in [0.29, 0.717) is 11.7 Å². The molecule has 0 bridgehead atoms. The van der Waals surface area contributed by atoms with Gasteiger partial charge in [-0.1, -0.05) is 194 Å². The van der Waals surface area contributed by atoms with Crippen molar-refractivity contribution in [3.8, 4) is 56.2 Å². The number of nitrogens with zero attached hydrogens (tertiary/aromatic N) is 4. The number of rotatable bonds is 7. The number of aromatic nitrogens is 2. The van der Waals surface area contributed by atoms with Gasteiger partial charge in [0.1, 0.15) is 0 Å². The Hall–Kier alpha value is -8.26. The molecule has 1 spiro atoms.